The first-order valence-corrected chi connectivity index (χ1v) is 7.41. The third-order valence-corrected chi connectivity index (χ3v) is 3.42. The molecule has 0 aliphatic carbocycles. The third kappa shape index (κ3) is 3.72. The number of rotatable bonds is 3. The lowest BCUT2D eigenvalue weighted by Crippen LogP contribution is -2.15. The lowest BCUT2D eigenvalue weighted by molar-refractivity contribution is 0.102. The van der Waals surface area contributed by atoms with Gasteiger partial charge in [-0.15, -0.1) is 0 Å². The first kappa shape index (κ1) is 16.0. The minimum Gasteiger partial charge on any atom is -0.305 e. The summed E-state index contributed by atoms with van der Waals surface area (Å²) in [6.07, 6.45) is 4.09. The molecule has 0 aliphatic rings. The quantitative estimate of drug-likeness (QED) is 0.784. The summed E-state index contributed by atoms with van der Waals surface area (Å²) in [5, 5.41) is 3.12. The van der Waals surface area contributed by atoms with Crippen molar-refractivity contribution in [3.8, 4) is 11.1 Å². The molecule has 3 aromatic rings. The molecule has 7 heteroatoms. The average Bonchev–Trinajstić information content (AvgIpc) is 2.56. The maximum Gasteiger partial charge on any atom is 0.275 e. The van der Waals surface area contributed by atoms with Crippen LogP contribution in [0.15, 0.2) is 48.9 Å². The van der Waals surface area contributed by atoms with E-state index in [1.165, 1.54) is 18.5 Å². The number of nitrogens with one attached hydrogen (secondary N) is 1. The molecule has 3 heterocycles. The second-order valence-corrected chi connectivity index (χ2v) is 5.53. The zero-order chi connectivity index (χ0) is 17.1. The fourth-order valence-corrected chi connectivity index (χ4v) is 2.26. The molecule has 24 heavy (non-hydrogen) atoms. The SMILES string of the molecule is Cc1cc(-c2cncc(F)c2)cc(C(=O)Nc2ccc(Cl)cn2)n1. The van der Waals surface area contributed by atoms with Crippen LogP contribution in [0.3, 0.4) is 0 Å². The van der Waals surface area contributed by atoms with E-state index in [9.17, 15) is 9.18 Å². The molecule has 0 radical (unpaired) electrons. The van der Waals surface area contributed by atoms with Crippen molar-refractivity contribution in [3.63, 3.8) is 0 Å². The number of aromatic nitrogens is 3. The smallest absolute Gasteiger partial charge is 0.275 e. The highest BCUT2D eigenvalue weighted by atomic mass is 35.5. The summed E-state index contributed by atoms with van der Waals surface area (Å²) in [7, 11) is 0. The molecule has 1 N–H and O–H groups in total. The van der Waals surface area contributed by atoms with Gasteiger partial charge in [-0.25, -0.2) is 14.4 Å². The Morgan fingerprint density at radius 2 is 1.96 bits per heavy atom. The number of amides is 1. The van der Waals surface area contributed by atoms with E-state index in [1.54, 1.807) is 31.2 Å². The Morgan fingerprint density at radius 1 is 1.12 bits per heavy atom. The second-order valence-electron chi connectivity index (χ2n) is 5.09. The van der Waals surface area contributed by atoms with Crippen LogP contribution >= 0.6 is 11.6 Å². The molecule has 0 aliphatic heterocycles. The van der Waals surface area contributed by atoms with Crippen molar-refractivity contribution in [2.45, 2.75) is 6.92 Å². The zero-order valence-electron chi connectivity index (χ0n) is 12.6. The molecule has 0 fully saturated rings. The van der Waals surface area contributed by atoms with Gasteiger partial charge in [0, 0.05) is 23.7 Å². The largest absolute Gasteiger partial charge is 0.305 e. The van der Waals surface area contributed by atoms with E-state index >= 15 is 0 Å². The fourth-order valence-electron chi connectivity index (χ4n) is 2.15. The summed E-state index contributed by atoms with van der Waals surface area (Å²) in [4.78, 5) is 24.4. The summed E-state index contributed by atoms with van der Waals surface area (Å²) in [5.74, 6) is -0.501. The van der Waals surface area contributed by atoms with E-state index in [2.05, 4.69) is 20.3 Å². The molecule has 0 bridgehead atoms. The van der Waals surface area contributed by atoms with Crippen LogP contribution in [0, 0.1) is 12.7 Å². The van der Waals surface area contributed by atoms with Crippen molar-refractivity contribution in [2.24, 2.45) is 0 Å². The molecule has 1 amide bonds. The molecular weight excluding hydrogens is 331 g/mol. The van der Waals surface area contributed by atoms with E-state index in [-0.39, 0.29) is 5.69 Å². The first-order chi connectivity index (χ1) is 11.5. The summed E-state index contributed by atoms with van der Waals surface area (Å²) in [6.45, 7) is 1.76. The Morgan fingerprint density at radius 3 is 2.67 bits per heavy atom. The van der Waals surface area contributed by atoms with E-state index < -0.39 is 11.7 Å². The van der Waals surface area contributed by atoms with Gasteiger partial charge in [0.1, 0.15) is 17.3 Å². The maximum atomic E-state index is 13.4. The molecule has 0 spiro atoms. The Balaban J connectivity index is 1.90. The molecule has 3 rings (SSSR count). The Kier molecular flexibility index (Phi) is 4.48. The molecule has 3 aromatic heterocycles. The Hall–Kier alpha value is -2.86. The van der Waals surface area contributed by atoms with E-state index in [4.69, 9.17) is 11.6 Å². The maximum absolute atomic E-state index is 13.4. The number of anilines is 1. The van der Waals surface area contributed by atoms with Gasteiger partial charge in [0.25, 0.3) is 5.91 Å². The van der Waals surface area contributed by atoms with Crippen LogP contribution in [-0.4, -0.2) is 20.9 Å². The second kappa shape index (κ2) is 6.72. The number of aryl methyl sites for hydroxylation is 1. The van der Waals surface area contributed by atoms with Crippen LogP contribution in [-0.2, 0) is 0 Å². The number of hydrogen-bond donors (Lipinski definition) is 1. The number of carbonyl (C=O) groups is 1. The van der Waals surface area contributed by atoms with Gasteiger partial charge in [-0.05, 0) is 42.8 Å². The minimum absolute atomic E-state index is 0.200. The minimum atomic E-state index is -0.446. The predicted molar refractivity (Wildman–Crippen MR) is 89.4 cm³/mol. The van der Waals surface area contributed by atoms with Crippen LogP contribution in [0.5, 0.6) is 0 Å². The number of halogens is 2. The highest BCUT2D eigenvalue weighted by molar-refractivity contribution is 6.30. The van der Waals surface area contributed by atoms with Gasteiger partial charge >= 0.3 is 0 Å². The summed E-state index contributed by atoms with van der Waals surface area (Å²) in [5.41, 5.74) is 2.06. The molecular formula is C17H12ClFN4O. The first-order valence-electron chi connectivity index (χ1n) is 7.04. The molecule has 0 aromatic carbocycles. The summed E-state index contributed by atoms with van der Waals surface area (Å²) >= 11 is 5.76. The van der Waals surface area contributed by atoms with Crippen molar-refractivity contribution in [3.05, 3.63) is 71.2 Å². The van der Waals surface area contributed by atoms with E-state index in [0.29, 0.717) is 27.7 Å². The molecule has 5 nitrogen and oxygen atoms in total. The van der Waals surface area contributed by atoms with Gasteiger partial charge in [-0.3, -0.25) is 9.78 Å². The lowest BCUT2D eigenvalue weighted by Gasteiger charge is -2.08. The highest BCUT2D eigenvalue weighted by Crippen LogP contribution is 2.21. The number of pyridine rings is 3. The third-order valence-electron chi connectivity index (χ3n) is 3.19. The Labute approximate surface area is 142 Å². The van der Waals surface area contributed by atoms with Gasteiger partial charge < -0.3 is 5.32 Å². The van der Waals surface area contributed by atoms with Gasteiger partial charge in [-0.1, -0.05) is 11.6 Å². The number of hydrogen-bond acceptors (Lipinski definition) is 4. The van der Waals surface area contributed by atoms with Gasteiger partial charge in [0.05, 0.1) is 11.2 Å². The fraction of sp³-hybridized carbons (Fsp3) is 0.0588. The molecule has 0 atom stereocenters. The molecule has 0 unspecified atom stereocenters. The normalized spacial score (nSPS) is 10.5. The van der Waals surface area contributed by atoms with Crippen LogP contribution in [0.1, 0.15) is 16.2 Å². The average molecular weight is 343 g/mol. The lowest BCUT2D eigenvalue weighted by atomic mass is 10.1. The van der Waals surface area contributed by atoms with Crippen molar-refractivity contribution >= 4 is 23.3 Å². The Bertz CT molecular complexity index is 899. The number of carbonyl (C=O) groups excluding carboxylic acids is 1. The number of nitrogens with zero attached hydrogens (tertiary/aromatic N) is 3. The standard InChI is InChI=1S/C17H12ClFN4O/c1-10-4-11(12-5-14(19)9-20-7-12)6-15(22-10)17(24)23-16-3-2-13(18)8-21-16/h2-9H,1H3,(H,21,23,24). The van der Waals surface area contributed by atoms with Gasteiger partial charge in [0.15, 0.2) is 0 Å². The summed E-state index contributed by atoms with van der Waals surface area (Å²) < 4.78 is 13.4. The van der Waals surface area contributed by atoms with Gasteiger partial charge in [-0.2, -0.15) is 0 Å². The van der Waals surface area contributed by atoms with E-state index in [0.717, 1.165) is 6.20 Å². The monoisotopic (exact) mass is 342 g/mol. The predicted octanol–water partition coefficient (Wildman–Crippen LogP) is 3.89. The summed E-state index contributed by atoms with van der Waals surface area (Å²) in [6, 6.07) is 7.90. The van der Waals surface area contributed by atoms with Crippen LogP contribution in [0.25, 0.3) is 11.1 Å². The van der Waals surface area contributed by atoms with Crippen molar-refractivity contribution < 1.29 is 9.18 Å². The molecule has 0 saturated carbocycles. The van der Waals surface area contributed by atoms with Crippen molar-refractivity contribution in [2.75, 3.05) is 5.32 Å². The van der Waals surface area contributed by atoms with E-state index in [1.807, 2.05) is 0 Å². The highest BCUT2D eigenvalue weighted by Gasteiger charge is 2.12. The van der Waals surface area contributed by atoms with Crippen molar-refractivity contribution in [1.82, 2.24) is 15.0 Å². The molecule has 120 valence electrons. The van der Waals surface area contributed by atoms with Crippen LogP contribution in [0.4, 0.5) is 10.2 Å². The van der Waals surface area contributed by atoms with Gasteiger partial charge in [0.2, 0.25) is 0 Å². The zero-order valence-corrected chi connectivity index (χ0v) is 13.4. The van der Waals surface area contributed by atoms with Crippen LogP contribution in [0.2, 0.25) is 5.02 Å². The molecule has 0 saturated heterocycles. The topological polar surface area (TPSA) is 67.8 Å². The van der Waals surface area contributed by atoms with Crippen molar-refractivity contribution in [1.29, 1.82) is 0 Å². The van der Waals surface area contributed by atoms with Crippen LogP contribution < -0.4 is 5.32 Å².